The van der Waals surface area contributed by atoms with Crippen LogP contribution in [-0.2, 0) is 0 Å². The molecule has 0 atom stereocenters. The first-order valence-corrected chi connectivity index (χ1v) is 4.90. The highest BCUT2D eigenvalue weighted by Gasteiger charge is 2.15. The van der Waals surface area contributed by atoms with Gasteiger partial charge in [0.25, 0.3) is 6.34 Å². The van der Waals surface area contributed by atoms with Crippen molar-refractivity contribution in [2.45, 2.75) is 4.90 Å². The van der Waals surface area contributed by atoms with E-state index >= 15 is 0 Å². The predicted octanol–water partition coefficient (Wildman–Crippen LogP) is 2.39. The summed E-state index contributed by atoms with van der Waals surface area (Å²) in [6.07, 6.45) is 5.70. The number of hydrogen-bond acceptors (Lipinski definition) is 3. The SMILES string of the molecule is C1=CN=C[N+](Sc2ccccc2)C1. The number of hydrogen-bond donors (Lipinski definition) is 0. The van der Waals surface area contributed by atoms with Gasteiger partial charge in [-0.15, -0.1) is 0 Å². The highest BCUT2D eigenvalue weighted by molar-refractivity contribution is 7.98. The molecule has 1 aliphatic rings. The molecule has 0 spiro atoms. The molecule has 1 radical (unpaired) electrons. The van der Waals surface area contributed by atoms with Gasteiger partial charge in [-0.05, 0) is 22.5 Å². The minimum Gasteiger partial charge on any atom is -0.207 e. The summed E-state index contributed by atoms with van der Waals surface area (Å²) in [5, 5.41) is 0. The lowest BCUT2D eigenvalue weighted by Crippen LogP contribution is -2.21. The Morgan fingerprint density at radius 1 is 1.23 bits per heavy atom. The summed E-state index contributed by atoms with van der Waals surface area (Å²) in [4.78, 5) is 5.29. The van der Waals surface area contributed by atoms with Crippen LogP contribution in [0.25, 0.3) is 0 Å². The second kappa shape index (κ2) is 4.25. The van der Waals surface area contributed by atoms with Gasteiger partial charge in [0.05, 0.1) is 4.90 Å². The molecule has 2 rings (SSSR count). The molecule has 3 heteroatoms. The molecule has 0 bridgehead atoms. The van der Waals surface area contributed by atoms with Crippen LogP contribution in [0.1, 0.15) is 0 Å². The Bertz CT molecular complexity index is 319. The Morgan fingerprint density at radius 3 is 2.77 bits per heavy atom. The van der Waals surface area contributed by atoms with Gasteiger partial charge >= 0.3 is 0 Å². The standard InChI is InChI=1S/C10H10N2S/c1-2-5-10(6-3-1)13-12-8-4-7-11-9-12/h1-7,9H,8H2/q+1. The fourth-order valence-electron chi connectivity index (χ4n) is 1.05. The Kier molecular flexibility index (Phi) is 2.79. The van der Waals surface area contributed by atoms with E-state index in [1.807, 2.05) is 36.8 Å². The Hall–Kier alpha value is -1.06. The first-order chi connectivity index (χ1) is 6.45. The van der Waals surface area contributed by atoms with Crippen LogP contribution in [0.15, 0.2) is 52.5 Å². The monoisotopic (exact) mass is 190 g/mol. The van der Waals surface area contributed by atoms with Gasteiger partial charge < -0.3 is 0 Å². The largest absolute Gasteiger partial charge is 0.252 e. The summed E-state index contributed by atoms with van der Waals surface area (Å²) in [5.41, 5.74) is 0. The first kappa shape index (κ1) is 8.53. The van der Waals surface area contributed by atoms with Crippen molar-refractivity contribution >= 4 is 18.3 Å². The summed E-state index contributed by atoms with van der Waals surface area (Å²) in [5.74, 6) is 0. The quantitative estimate of drug-likeness (QED) is 0.517. The summed E-state index contributed by atoms with van der Waals surface area (Å²) < 4.78 is 2.09. The molecule has 13 heavy (non-hydrogen) atoms. The number of aliphatic imine (C=N–C) groups is 1. The lowest BCUT2D eigenvalue weighted by atomic mass is 10.4. The number of rotatable bonds is 2. The van der Waals surface area contributed by atoms with Gasteiger partial charge in [-0.1, -0.05) is 18.2 Å². The average molecular weight is 190 g/mol. The van der Waals surface area contributed by atoms with Crippen LogP contribution in [0.4, 0.5) is 0 Å². The first-order valence-electron chi connectivity index (χ1n) is 4.13. The summed E-state index contributed by atoms with van der Waals surface area (Å²) in [7, 11) is 0. The average Bonchev–Trinajstić information content (AvgIpc) is 2.21. The van der Waals surface area contributed by atoms with E-state index in [-0.39, 0.29) is 0 Å². The van der Waals surface area contributed by atoms with E-state index < -0.39 is 0 Å². The number of nitrogens with zero attached hydrogens (tertiary/aromatic N) is 2. The Morgan fingerprint density at radius 2 is 2.08 bits per heavy atom. The molecule has 0 amide bonds. The lowest BCUT2D eigenvalue weighted by Gasteiger charge is -2.02. The van der Waals surface area contributed by atoms with Crippen molar-refractivity contribution < 1.29 is 0 Å². The molecule has 1 aromatic carbocycles. The molecule has 2 nitrogen and oxygen atoms in total. The van der Waals surface area contributed by atoms with E-state index in [4.69, 9.17) is 0 Å². The smallest absolute Gasteiger partial charge is 0.207 e. The molecule has 0 aromatic heterocycles. The lowest BCUT2D eigenvalue weighted by molar-refractivity contribution is 0.933. The zero-order chi connectivity index (χ0) is 8.93. The van der Waals surface area contributed by atoms with E-state index in [9.17, 15) is 0 Å². The van der Waals surface area contributed by atoms with Crippen molar-refractivity contribution in [2.24, 2.45) is 4.99 Å². The summed E-state index contributed by atoms with van der Waals surface area (Å²) in [6, 6.07) is 10.3. The van der Waals surface area contributed by atoms with Crippen molar-refractivity contribution in [3.63, 3.8) is 0 Å². The zero-order valence-electron chi connectivity index (χ0n) is 7.13. The van der Waals surface area contributed by atoms with Gasteiger partial charge in [0.15, 0.2) is 18.5 Å². The highest BCUT2D eigenvalue weighted by atomic mass is 32.2. The third-order valence-electron chi connectivity index (χ3n) is 1.64. The van der Waals surface area contributed by atoms with E-state index in [0.717, 1.165) is 6.54 Å². The van der Waals surface area contributed by atoms with Crippen LogP contribution in [-0.4, -0.2) is 12.9 Å². The van der Waals surface area contributed by atoms with Crippen LogP contribution in [0.3, 0.4) is 0 Å². The van der Waals surface area contributed by atoms with Gasteiger partial charge in [0, 0.05) is 6.20 Å². The summed E-state index contributed by atoms with van der Waals surface area (Å²) >= 11 is 1.70. The van der Waals surface area contributed by atoms with Crippen molar-refractivity contribution in [1.82, 2.24) is 4.31 Å². The molecular weight excluding hydrogens is 180 g/mol. The second-order valence-corrected chi connectivity index (χ2v) is 3.78. The maximum absolute atomic E-state index is 4.05. The third kappa shape index (κ3) is 2.44. The maximum atomic E-state index is 4.05. The van der Waals surface area contributed by atoms with E-state index in [2.05, 4.69) is 21.4 Å². The molecule has 65 valence electrons. The highest BCUT2D eigenvalue weighted by Crippen LogP contribution is 2.19. The molecular formula is C10H10N2S+. The minimum atomic E-state index is 0.920. The fourth-order valence-corrected chi connectivity index (χ4v) is 1.86. The molecule has 0 unspecified atom stereocenters. The Labute approximate surface area is 82.1 Å². The molecule has 0 aliphatic carbocycles. The maximum Gasteiger partial charge on any atom is 0.252 e. The Balaban J connectivity index is 1.99. The van der Waals surface area contributed by atoms with Crippen LogP contribution in [0, 0.1) is 0 Å². The van der Waals surface area contributed by atoms with E-state index in [1.54, 1.807) is 11.9 Å². The van der Waals surface area contributed by atoms with Crippen LogP contribution in [0.5, 0.6) is 0 Å². The van der Waals surface area contributed by atoms with Gasteiger partial charge in [-0.2, -0.15) is 0 Å². The molecule has 1 aromatic rings. The topological polar surface area (TPSA) is 18.3 Å². The van der Waals surface area contributed by atoms with Crippen LogP contribution < -0.4 is 4.31 Å². The normalized spacial score (nSPS) is 16.3. The van der Waals surface area contributed by atoms with E-state index in [1.165, 1.54) is 4.90 Å². The third-order valence-corrected chi connectivity index (χ3v) is 2.60. The van der Waals surface area contributed by atoms with Crippen molar-refractivity contribution in [1.29, 1.82) is 0 Å². The van der Waals surface area contributed by atoms with Gasteiger partial charge in [-0.3, -0.25) is 0 Å². The fraction of sp³-hybridized carbons (Fsp3) is 0.100. The molecule has 0 saturated carbocycles. The van der Waals surface area contributed by atoms with Crippen LogP contribution in [0.2, 0.25) is 0 Å². The molecule has 0 N–H and O–H groups in total. The zero-order valence-corrected chi connectivity index (χ0v) is 7.95. The summed E-state index contributed by atoms with van der Waals surface area (Å²) in [6.45, 7) is 0.920. The molecule has 1 aliphatic heterocycles. The second-order valence-electron chi connectivity index (χ2n) is 2.65. The van der Waals surface area contributed by atoms with Gasteiger partial charge in [0.1, 0.15) is 0 Å². The minimum absolute atomic E-state index is 0.920. The molecule has 0 saturated heterocycles. The van der Waals surface area contributed by atoms with Gasteiger partial charge in [0.2, 0.25) is 0 Å². The number of benzene rings is 1. The van der Waals surface area contributed by atoms with Crippen molar-refractivity contribution in [3.8, 4) is 0 Å². The molecule has 1 heterocycles. The molecule has 0 fully saturated rings. The van der Waals surface area contributed by atoms with Gasteiger partial charge in [-0.25, -0.2) is 4.99 Å². The van der Waals surface area contributed by atoms with Crippen molar-refractivity contribution in [3.05, 3.63) is 42.6 Å². The predicted molar refractivity (Wildman–Crippen MR) is 56.9 cm³/mol. The van der Waals surface area contributed by atoms with Crippen molar-refractivity contribution in [2.75, 3.05) is 6.54 Å². The van der Waals surface area contributed by atoms with E-state index in [0.29, 0.717) is 0 Å². The van der Waals surface area contributed by atoms with Crippen LogP contribution >= 0.6 is 11.9 Å².